The molecule has 0 radical (unpaired) electrons. The summed E-state index contributed by atoms with van der Waals surface area (Å²) >= 11 is 21.6. The molecule has 6 heteroatoms. The summed E-state index contributed by atoms with van der Waals surface area (Å²) in [6.45, 7) is 2.22. The standard InChI is InChI=1S/C15H13BrCl3NO/c1-8-4-11(16)14(6-13(8)19)20-7-15(21)10-5-9(17)2-3-12(10)18/h2-6,15,20-21H,7H2,1H3. The summed E-state index contributed by atoms with van der Waals surface area (Å²) in [6, 6.07) is 8.75. The van der Waals surface area contributed by atoms with Gasteiger partial charge in [0.2, 0.25) is 0 Å². The third kappa shape index (κ3) is 4.27. The SMILES string of the molecule is Cc1cc(Br)c(NCC(O)c2cc(Cl)ccc2Cl)cc1Cl. The minimum Gasteiger partial charge on any atom is -0.387 e. The van der Waals surface area contributed by atoms with Crippen LogP contribution in [0, 0.1) is 6.92 Å². The highest BCUT2D eigenvalue weighted by Crippen LogP contribution is 2.31. The zero-order valence-corrected chi connectivity index (χ0v) is 15.0. The van der Waals surface area contributed by atoms with Crippen LogP contribution in [0.25, 0.3) is 0 Å². The Morgan fingerprint density at radius 2 is 1.86 bits per heavy atom. The number of aliphatic hydroxyl groups excluding tert-OH is 1. The van der Waals surface area contributed by atoms with Gasteiger partial charge in [-0.05, 0) is 58.7 Å². The molecule has 0 aliphatic rings. The van der Waals surface area contributed by atoms with Crippen LogP contribution in [0.5, 0.6) is 0 Å². The lowest BCUT2D eigenvalue weighted by molar-refractivity contribution is 0.191. The molecule has 0 bridgehead atoms. The van der Waals surface area contributed by atoms with Crippen molar-refractivity contribution in [3.05, 3.63) is 61.0 Å². The largest absolute Gasteiger partial charge is 0.387 e. The average Bonchev–Trinajstić information content (AvgIpc) is 2.43. The second-order valence-corrected chi connectivity index (χ2v) is 6.75. The summed E-state index contributed by atoms with van der Waals surface area (Å²) < 4.78 is 0.883. The van der Waals surface area contributed by atoms with Gasteiger partial charge in [-0.25, -0.2) is 0 Å². The fourth-order valence-corrected chi connectivity index (χ4v) is 3.05. The van der Waals surface area contributed by atoms with E-state index in [0.717, 1.165) is 15.7 Å². The molecule has 1 atom stereocenters. The highest BCUT2D eigenvalue weighted by atomic mass is 79.9. The number of benzene rings is 2. The average molecular weight is 410 g/mol. The van der Waals surface area contributed by atoms with E-state index in [4.69, 9.17) is 34.8 Å². The Morgan fingerprint density at radius 1 is 1.14 bits per heavy atom. The summed E-state index contributed by atoms with van der Waals surface area (Å²) in [6.07, 6.45) is -0.775. The van der Waals surface area contributed by atoms with Gasteiger partial charge < -0.3 is 10.4 Å². The van der Waals surface area contributed by atoms with Gasteiger partial charge in [-0.3, -0.25) is 0 Å². The molecule has 2 aromatic carbocycles. The van der Waals surface area contributed by atoms with E-state index in [2.05, 4.69) is 21.2 Å². The van der Waals surface area contributed by atoms with Crippen LogP contribution in [-0.2, 0) is 0 Å². The Labute approximate surface area is 147 Å². The van der Waals surface area contributed by atoms with Gasteiger partial charge in [0.25, 0.3) is 0 Å². The van der Waals surface area contributed by atoms with Gasteiger partial charge in [0.1, 0.15) is 0 Å². The summed E-state index contributed by atoms with van der Waals surface area (Å²) in [7, 11) is 0. The van der Waals surface area contributed by atoms with E-state index in [0.29, 0.717) is 20.6 Å². The maximum absolute atomic E-state index is 10.2. The monoisotopic (exact) mass is 407 g/mol. The summed E-state index contributed by atoms with van der Waals surface area (Å²) in [4.78, 5) is 0. The van der Waals surface area contributed by atoms with E-state index < -0.39 is 6.10 Å². The first-order valence-electron chi connectivity index (χ1n) is 6.21. The maximum atomic E-state index is 10.2. The molecule has 0 amide bonds. The number of anilines is 1. The van der Waals surface area contributed by atoms with Gasteiger partial charge in [-0.2, -0.15) is 0 Å². The van der Waals surface area contributed by atoms with Gasteiger partial charge in [-0.15, -0.1) is 0 Å². The first-order chi connectivity index (χ1) is 9.88. The van der Waals surface area contributed by atoms with Crippen LogP contribution >= 0.6 is 50.7 Å². The van der Waals surface area contributed by atoms with E-state index in [-0.39, 0.29) is 6.54 Å². The first-order valence-corrected chi connectivity index (χ1v) is 8.13. The van der Waals surface area contributed by atoms with E-state index >= 15 is 0 Å². The zero-order chi connectivity index (χ0) is 15.6. The van der Waals surface area contributed by atoms with Crippen molar-refractivity contribution >= 4 is 56.4 Å². The molecular formula is C15H13BrCl3NO. The van der Waals surface area contributed by atoms with E-state index in [1.54, 1.807) is 18.2 Å². The Bertz CT molecular complexity index is 664. The number of hydrogen-bond acceptors (Lipinski definition) is 2. The van der Waals surface area contributed by atoms with Crippen LogP contribution in [0.4, 0.5) is 5.69 Å². The van der Waals surface area contributed by atoms with Crippen molar-refractivity contribution in [1.29, 1.82) is 0 Å². The van der Waals surface area contributed by atoms with Crippen molar-refractivity contribution < 1.29 is 5.11 Å². The zero-order valence-electron chi connectivity index (χ0n) is 11.1. The van der Waals surface area contributed by atoms with Gasteiger partial charge in [-0.1, -0.05) is 34.8 Å². The summed E-state index contributed by atoms with van der Waals surface area (Å²) in [5, 5.41) is 15.1. The van der Waals surface area contributed by atoms with Crippen molar-refractivity contribution in [2.24, 2.45) is 0 Å². The predicted octanol–water partition coefficient (Wildman–Crippen LogP) is 5.86. The molecule has 21 heavy (non-hydrogen) atoms. The Morgan fingerprint density at radius 3 is 2.57 bits per heavy atom. The minimum atomic E-state index is -0.775. The van der Waals surface area contributed by atoms with Gasteiger partial charge in [0.15, 0.2) is 0 Å². The molecule has 0 aromatic heterocycles. The van der Waals surface area contributed by atoms with Crippen molar-refractivity contribution in [3.63, 3.8) is 0 Å². The molecule has 0 heterocycles. The molecule has 2 aromatic rings. The second-order valence-electron chi connectivity index (χ2n) is 4.64. The fraction of sp³-hybridized carbons (Fsp3) is 0.200. The number of nitrogens with one attached hydrogen (secondary N) is 1. The lowest BCUT2D eigenvalue weighted by Crippen LogP contribution is -2.13. The van der Waals surface area contributed by atoms with Gasteiger partial charge in [0, 0.05) is 31.6 Å². The van der Waals surface area contributed by atoms with Crippen molar-refractivity contribution in [3.8, 4) is 0 Å². The van der Waals surface area contributed by atoms with Crippen LogP contribution < -0.4 is 5.32 Å². The number of halogens is 4. The Hall–Kier alpha value is -0.450. The van der Waals surface area contributed by atoms with Crippen molar-refractivity contribution in [1.82, 2.24) is 0 Å². The lowest BCUT2D eigenvalue weighted by atomic mass is 10.1. The van der Waals surface area contributed by atoms with E-state index in [1.807, 2.05) is 19.1 Å². The Kier molecular flexibility index (Phi) is 5.81. The minimum absolute atomic E-state index is 0.290. The number of aliphatic hydroxyl groups is 1. The molecule has 0 aliphatic carbocycles. The number of rotatable bonds is 4. The lowest BCUT2D eigenvalue weighted by Gasteiger charge is -2.16. The van der Waals surface area contributed by atoms with E-state index in [9.17, 15) is 5.11 Å². The smallest absolute Gasteiger partial charge is 0.0977 e. The Balaban J connectivity index is 2.12. The van der Waals surface area contributed by atoms with Gasteiger partial charge in [0.05, 0.1) is 11.8 Å². The highest BCUT2D eigenvalue weighted by molar-refractivity contribution is 9.10. The third-order valence-corrected chi connectivity index (χ3v) is 4.69. The molecule has 2 N–H and O–H groups in total. The highest BCUT2D eigenvalue weighted by Gasteiger charge is 2.13. The number of aryl methyl sites for hydroxylation is 1. The van der Waals surface area contributed by atoms with Crippen LogP contribution in [0.3, 0.4) is 0 Å². The van der Waals surface area contributed by atoms with Crippen molar-refractivity contribution in [2.45, 2.75) is 13.0 Å². The number of hydrogen-bond donors (Lipinski definition) is 2. The molecule has 0 aliphatic heterocycles. The molecule has 0 saturated heterocycles. The van der Waals surface area contributed by atoms with Crippen LogP contribution in [-0.4, -0.2) is 11.7 Å². The first kappa shape index (κ1) is 16.9. The fourth-order valence-electron chi connectivity index (χ4n) is 1.87. The third-order valence-electron chi connectivity index (χ3n) is 3.05. The molecule has 1 unspecified atom stereocenters. The normalized spacial score (nSPS) is 12.3. The molecule has 2 rings (SSSR count). The molecule has 0 spiro atoms. The summed E-state index contributed by atoms with van der Waals surface area (Å²) in [5.41, 5.74) is 2.38. The molecular weight excluding hydrogens is 396 g/mol. The van der Waals surface area contributed by atoms with Crippen molar-refractivity contribution in [2.75, 3.05) is 11.9 Å². The second kappa shape index (κ2) is 7.21. The summed E-state index contributed by atoms with van der Waals surface area (Å²) in [5.74, 6) is 0. The molecule has 2 nitrogen and oxygen atoms in total. The molecule has 112 valence electrons. The van der Waals surface area contributed by atoms with Crippen LogP contribution in [0.1, 0.15) is 17.2 Å². The quantitative estimate of drug-likeness (QED) is 0.663. The van der Waals surface area contributed by atoms with Gasteiger partial charge >= 0.3 is 0 Å². The molecule has 0 fully saturated rings. The van der Waals surface area contributed by atoms with E-state index in [1.165, 1.54) is 0 Å². The van der Waals surface area contributed by atoms with Crippen LogP contribution in [0.2, 0.25) is 15.1 Å². The maximum Gasteiger partial charge on any atom is 0.0977 e. The predicted molar refractivity (Wildman–Crippen MR) is 93.8 cm³/mol. The van der Waals surface area contributed by atoms with Crippen LogP contribution in [0.15, 0.2) is 34.8 Å². The molecule has 0 saturated carbocycles. The topological polar surface area (TPSA) is 32.3 Å².